The van der Waals surface area contributed by atoms with Gasteiger partial charge in [0, 0.05) is 10.2 Å². The summed E-state index contributed by atoms with van der Waals surface area (Å²) < 4.78 is 14.6. The van der Waals surface area contributed by atoms with Gasteiger partial charge in [-0.25, -0.2) is 13.9 Å². The van der Waals surface area contributed by atoms with Crippen molar-refractivity contribution < 1.29 is 14.3 Å². The first-order valence-electron chi connectivity index (χ1n) is 7.10. The normalized spacial score (nSPS) is 13.0. The van der Waals surface area contributed by atoms with E-state index in [9.17, 15) is 19.1 Å². The second-order valence-corrected chi connectivity index (χ2v) is 6.69. The van der Waals surface area contributed by atoms with E-state index in [1.165, 1.54) is 18.2 Å². The van der Waals surface area contributed by atoms with Gasteiger partial charge in [0.2, 0.25) is 5.88 Å². The Kier molecular flexibility index (Phi) is 3.55. The Morgan fingerprint density at radius 2 is 1.96 bits per heavy atom. The number of carbonyl (C=O) groups is 1. The van der Waals surface area contributed by atoms with Crippen LogP contribution in [0.5, 0.6) is 5.88 Å². The summed E-state index contributed by atoms with van der Waals surface area (Å²) in [5, 5.41) is 11.5. The lowest BCUT2D eigenvalue weighted by molar-refractivity contribution is -0.112. The molecule has 0 unspecified atom stereocenters. The van der Waals surface area contributed by atoms with Crippen molar-refractivity contribution in [1.29, 1.82) is 0 Å². The number of carbonyl (C=O) groups excluding carboxylic acids is 1. The number of benzene rings is 2. The molecule has 25 heavy (non-hydrogen) atoms. The molecule has 2 aromatic carbocycles. The van der Waals surface area contributed by atoms with Crippen molar-refractivity contribution in [3.63, 3.8) is 0 Å². The molecule has 0 saturated carbocycles. The molecule has 8 heteroatoms. The summed E-state index contributed by atoms with van der Waals surface area (Å²) in [7, 11) is 0. The largest absolute Gasteiger partial charge is 0.493 e. The Labute approximate surface area is 148 Å². The number of rotatable bonds is 2. The standard InChI is InChI=1S/C17H8ClFN2O3S/c18-8-2-1-3-10(6-8)21-16(23)14(25-17(21)24)13-11-7-9(19)4-5-12(11)20-15(13)22/h1-7,23H. The maximum absolute atomic E-state index is 13.6. The van der Waals surface area contributed by atoms with Gasteiger partial charge in [-0.1, -0.05) is 29.0 Å². The second kappa shape index (κ2) is 5.65. The highest BCUT2D eigenvalue weighted by Gasteiger charge is 2.26. The van der Waals surface area contributed by atoms with Crippen LogP contribution in [0.4, 0.5) is 4.39 Å². The molecule has 0 fully saturated rings. The number of nitrogens with zero attached hydrogens (tertiary/aromatic N) is 2. The molecule has 1 aliphatic heterocycles. The number of amides is 1. The van der Waals surface area contributed by atoms with E-state index in [4.69, 9.17) is 11.6 Å². The van der Waals surface area contributed by atoms with E-state index in [1.807, 2.05) is 0 Å². The van der Waals surface area contributed by atoms with Crippen LogP contribution in [0.25, 0.3) is 11.3 Å². The number of aromatic hydroxyl groups is 1. The van der Waals surface area contributed by atoms with Crippen LogP contribution in [0, 0.1) is 5.82 Å². The van der Waals surface area contributed by atoms with Gasteiger partial charge in [0.1, 0.15) is 10.7 Å². The van der Waals surface area contributed by atoms with Gasteiger partial charge in [-0.3, -0.25) is 9.59 Å². The molecular formula is C17H8ClFN2O3S. The summed E-state index contributed by atoms with van der Waals surface area (Å²) in [4.78, 5) is 28.0. The van der Waals surface area contributed by atoms with Gasteiger partial charge >= 0.3 is 4.87 Å². The number of halogens is 2. The molecule has 1 aliphatic rings. The van der Waals surface area contributed by atoms with E-state index in [0.717, 1.165) is 10.6 Å². The van der Waals surface area contributed by atoms with Crippen LogP contribution in [0.3, 0.4) is 0 Å². The fraction of sp³-hybridized carbons (Fsp3) is 0. The quantitative estimate of drug-likeness (QED) is 0.743. The third kappa shape index (κ3) is 2.48. The first kappa shape index (κ1) is 15.7. The highest BCUT2D eigenvalue weighted by molar-refractivity contribution is 7.11. The van der Waals surface area contributed by atoms with E-state index in [2.05, 4.69) is 4.99 Å². The van der Waals surface area contributed by atoms with E-state index in [0.29, 0.717) is 27.4 Å². The Morgan fingerprint density at radius 1 is 1.16 bits per heavy atom. The van der Waals surface area contributed by atoms with Gasteiger partial charge in [0.25, 0.3) is 5.91 Å². The number of thiazole rings is 1. The molecule has 0 radical (unpaired) electrons. The number of hydrogen-bond donors (Lipinski definition) is 1. The number of aromatic nitrogens is 1. The smallest absolute Gasteiger partial charge is 0.315 e. The van der Waals surface area contributed by atoms with Gasteiger partial charge in [0.05, 0.1) is 16.6 Å². The molecule has 124 valence electrons. The monoisotopic (exact) mass is 374 g/mol. The van der Waals surface area contributed by atoms with Gasteiger partial charge in [-0.2, -0.15) is 0 Å². The van der Waals surface area contributed by atoms with Gasteiger partial charge in [-0.05, 0) is 36.4 Å². The third-order valence-corrected chi connectivity index (χ3v) is 4.93. The molecule has 2 heterocycles. The van der Waals surface area contributed by atoms with Crippen molar-refractivity contribution in [2.24, 2.45) is 4.99 Å². The van der Waals surface area contributed by atoms with E-state index in [-0.39, 0.29) is 15.7 Å². The van der Waals surface area contributed by atoms with Crippen molar-refractivity contribution in [2.45, 2.75) is 0 Å². The van der Waals surface area contributed by atoms with Crippen LogP contribution in [0.1, 0.15) is 4.88 Å². The maximum atomic E-state index is 13.6. The summed E-state index contributed by atoms with van der Waals surface area (Å²) in [5.41, 5.74) is 0.370. The van der Waals surface area contributed by atoms with Crippen LogP contribution in [-0.4, -0.2) is 15.6 Å². The predicted octanol–water partition coefficient (Wildman–Crippen LogP) is 1.76. The zero-order valence-corrected chi connectivity index (χ0v) is 13.9. The van der Waals surface area contributed by atoms with Crippen molar-refractivity contribution in [3.8, 4) is 11.6 Å². The van der Waals surface area contributed by atoms with Crippen molar-refractivity contribution >= 4 is 34.4 Å². The Morgan fingerprint density at radius 3 is 2.72 bits per heavy atom. The zero-order chi connectivity index (χ0) is 17.7. The van der Waals surface area contributed by atoms with E-state index >= 15 is 0 Å². The molecule has 1 aromatic heterocycles. The molecule has 1 amide bonds. The van der Waals surface area contributed by atoms with Crippen LogP contribution in [-0.2, 0) is 4.79 Å². The molecule has 3 aromatic rings. The van der Waals surface area contributed by atoms with Crippen molar-refractivity contribution in [3.05, 3.63) is 78.4 Å². The zero-order valence-electron chi connectivity index (χ0n) is 12.4. The fourth-order valence-corrected chi connectivity index (χ4v) is 3.80. The minimum atomic E-state index is -0.629. The van der Waals surface area contributed by atoms with Crippen LogP contribution in [0.15, 0.2) is 52.3 Å². The summed E-state index contributed by atoms with van der Waals surface area (Å²) in [5.74, 6) is -1.58. The Balaban J connectivity index is 2.02. The summed E-state index contributed by atoms with van der Waals surface area (Å²) in [6, 6.07) is 10.1. The van der Waals surface area contributed by atoms with Gasteiger partial charge in [0.15, 0.2) is 0 Å². The average Bonchev–Trinajstić information content (AvgIpc) is 3.02. The summed E-state index contributed by atoms with van der Waals surface area (Å²) in [6.07, 6.45) is 0. The third-order valence-electron chi connectivity index (χ3n) is 3.74. The predicted molar refractivity (Wildman–Crippen MR) is 91.3 cm³/mol. The fourth-order valence-electron chi connectivity index (χ4n) is 2.68. The van der Waals surface area contributed by atoms with Crippen LogP contribution in [0.2, 0.25) is 5.02 Å². The summed E-state index contributed by atoms with van der Waals surface area (Å²) in [6.45, 7) is 0. The van der Waals surface area contributed by atoms with Crippen molar-refractivity contribution in [2.75, 3.05) is 0 Å². The molecule has 0 saturated heterocycles. The molecule has 0 aliphatic carbocycles. The highest BCUT2D eigenvalue weighted by atomic mass is 35.5. The second-order valence-electron chi connectivity index (χ2n) is 5.29. The van der Waals surface area contributed by atoms with Crippen LogP contribution >= 0.6 is 22.9 Å². The lowest BCUT2D eigenvalue weighted by Crippen LogP contribution is -2.23. The van der Waals surface area contributed by atoms with Crippen molar-refractivity contribution in [1.82, 2.24) is 4.57 Å². The Bertz CT molecular complexity index is 1230. The Hall–Kier alpha value is -2.77. The lowest BCUT2D eigenvalue weighted by atomic mass is 10.1. The van der Waals surface area contributed by atoms with Gasteiger partial charge < -0.3 is 5.11 Å². The first-order chi connectivity index (χ1) is 12.0. The topological polar surface area (TPSA) is 71.7 Å². The molecule has 0 spiro atoms. The van der Waals surface area contributed by atoms with E-state index in [1.54, 1.807) is 18.2 Å². The van der Waals surface area contributed by atoms with Gasteiger partial charge in [-0.15, -0.1) is 0 Å². The van der Waals surface area contributed by atoms with Crippen LogP contribution < -0.4 is 15.4 Å². The maximum Gasteiger partial charge on any atom is 0.315 e. The SMILES string of the molecule is O=C1N=c2ccc(F)cc2=C1c1sc(=O)n(-c2cccc(Cl)c2)c1O. The molecule has 1 N–H and O–H groups in total. The summed E-state index contributed by atoms with van der Waals surface area (Å²) >= 11 is 6.62. The molecule has 0 atom stereocenters. The highest BCUT2D eigenvalue weighted by Crippen LogP contribution is 2.30. The minimum absolute atomic E-state index is 0.00915. The molecule has 4 rings (SSSR count). The number of fused-ring (bicyclic) bond motifs is 1. The molecular weight excluding hydrogens is 367 g/mol. The lowest BCUT2D eigenvalue weighted by Gasteiger charge is -2.04. The molecule has 0 bridgehead atoms. The minimum Gasteiger partial charge on any atom is -0.493 e. The number of hydrogen-bond acceptors (Lipinski definition) is 4. The molecule has 5 nitrogen and oxygen atoms in total. The first-order valence-corrected chi connectivity index (χ1v) is 8.29. The van der Waals surface area contributed by atoms with E-state index < -0.39 is 22.5 Å². The average molecular weight is 375 g/mol.